The fraction of sp³-hybridized carbons (Fsp3) is 0.455. The van der Waals surface area contributed by atoms with Gasteiger partial charge in [0.2, 0.25) is 23.7 Å². The molecule has 4 aromatic rings. The Bertz CT molecular complexity index is 2210. The molecule has 3 amide bonds. The average Bonchev–Trinajstić information content (AvgIpc) is 3.24. The van der Waals surface area contributed by atoms with Crippen molar-refractivity contribution in [2.45, 2.75) is 113 Å². The van der Waals surface area contributed by atoms with Gasteiger partial charge in [-0.3, -0.25) is 34.0 Å². The molecule has 4 N–H and O–H groups in total. The second-order valence-corrected chi connectivity index (χ2v) is 16.3. The highest BCUT2D eigenvalue weighted by atomic mass is 19.1. The van der Waals surface area contributed by atoms with Crippen molar-refractivity contribution in [3.8, 4) is 16.9 Å². The number of anilines is 2. The number of pyridine rings is 1. The average molecular weight is 793 g/mol. The van der Waals surface area contributed by atoms with Crippen LogP contribution in [0.4, 0.5) is 20.4 Å². The first-order chi connectivity index (χ1) is 28.1. The lowest BCUT2D eigenvalue weighted by molar-refractivity contribution is -0.138. The van der Waals surface area contributed by atoms with E-state index in [-0.39, 0.29) is 53.3 Å². The molecule has 0 spiro atoms. The topological polar surface area (TPSA) is 150 Å². The molecule has 2 aliphatic heterocycles. The minimum atomic E-state index is -0.577. The fourth-order valence-corrected chi connectivity index (χ4v) is 9.39. The maximum atomic E-state index is 15.5. The molecule has 2 aliphatic carbocycles. The molecule has 14 heteroatoms. The van der Waals surface area contributed by atoms with Gasteiger partial charge in [0.05, 0.1) is 6.20 Å². The number of likely N-dealkylation sites (tertiary alicyclic amines) is 1. The Hall–Kier alpha value is -5.50. The Balaban J connectivity index is 0.855. The lowest BCUT2D eigenvalue weighted by atomic mass is 9.76. The molecule has 0 radical (unpaired) electrons. The van der Waals surface area contributed by atoms with Gasteiger partial charge >= 0.3 is 0 Å². The van der Waals surface area contributed by atoms with Crippen molar-refractivity contribution in [1.82, 2.24) is 30.1 Å². The van der Waals surface area contributed by atoms with Crippen molar-refractivity contribution < 1.29 is 23.2 Å². The Labute approximate surface area is 336 Å². The maximum Gasteiger partial charge on any atom is 0.255 e. The second kappa shape index (κ2) is 17.2. The number of imide groups is 1. The summed E-state index contributed by atoms with van der Waals surface area (Å²) in [6.45, 7) is 1.42. The largest absolute Gasteiger partial charge is 0.374 e. The molecule has 8 rings (SSSR count). The van der Waals surface area contributed by atoms with Gasteiger partial charge in [0.15, 0.2) is 5.82 Å². The Morgan fingerprint density at radius 2 is 1.59 bits per heavy atom. The number of benzene rings is 2. The van der Waals surface area contributed by atoms with Crippen LogP contribution in [0, 0.1) is 11.6 Å². The summed E-state index contributed by atoms with van der Waals surface area (Å²) in [7, 11) is 0. The van der Waals surface area contributed by atoms with E-state index in [9.17, 15) is 19.2 Å². The first-order valence-electron chi connectivity index (χ1n) is 20.7. The van der Waals surface area contributed by atoms with Gasteiger partial charge in [-0.1, -0.05) is 43.5 Å². The number of piperidine rings is 2. The monoisotopic (exact) mass is 792 g/mol. The van der Waals surface area contributed by atoms with Crippen LogP contribution in [-0.4, -0.2) is 73.9 Å². The Morgan fingerprint density at radius 3 is 2.33 bits per heavy atom. The molecule has 12 nitrogen and oxygen atoms in total. The SMILES string of the molecule is O=C1CC[C@H](Nc2ccc(C3CCN(C4(C(=O)NC5CCC(Nc6ncc(F)c(-c7cccc(-n8ccccc8=O)c7)n6)CC5)CCCCC4)CC3)c(F)c2)C(=O)N1. The van der Waals surface area contributed by atoms with Crippen molar-refractivity contribution in [3.63, 3.8) is 0 Å². The Morgan fingerprint density at radius 1 is 0.810 bits per heavy atom. The van der Waals surface area contributed by atoms with Crippen molar-refractivity contribution in [2.24, 2.45) is 0 Å². The summed E-state index contributed by atoms with van der Waals surface area (Å²) < 4.78 is 32.0. The molecule has 2 aromatic heterocycles. The van der Waals surface area contributed by atoms with E-state index < -0.39 is 23.3 Å². The number of rotatable bonds is 10. The zero-order valence-electron chi connectivity index (χ0n) is 32.5. The molecular formula is C44H50F2N8O4. The van der Waals surface area contributed by atoms with Gasteiger partial charge in [-0.2, -0.15) is 0 Å². The van der Waals surface area contributed by atoms with Crippen LogP contribution in [0.15, 0.2) is 77.9 Å². The molecule has 4 heterocycles. The molecule has 0 bridgehead atoms. The van der Waals surface area contributed by atoms with Gasteiger partial charge in [-0.15, -0.1) is 0 Å². The van der Waals surface area contributed by atoms with Crippen molar-refractivity contribution >= 4 is 29.4 Å². The number of hydrogen-bond donors (Lipinski definition) is 4. The van der Waals surface area contributed by atoms with Crippen molar-refractivity contribution in [2.75, 3.05) is 23.7 Å². The number of nitrogens with zero attached hydrogens (tertiary/aromatic N) is 4. The van der Waals surface area contributed by atoms with E-state index in [1.807, 2.05) is 0 Å². The Kier molecular flexibility index (Phi) is 11.6. The number of carbonyl (C=O) groups excluding carboxylic acids is 3. The van der Waals surface area contributed by atoms with Crippen molar-refractivity contribution in [1.29, 1.82) is 0 Å². The summed E-state index contributed by atoms with van der Waals surface area (Å²) in [5.74, 6) is -1.10. The third-order valence-electron chi connectivity index (χ3n) is 12.6. The third-order valence-corrected chi connectivity index (χ3v) is 12.6. The minimum absolute atomic E-state index is 0.0269. The summed E-state index contributed by atoms with van der Waals surface area (Å²) in [6.07, 6.45) is 12.8. The molecule has 2 aromatic carbocycles. The van der Waals surface area contributed by atoms with Gasteiger partial charge < -0.3 is 16.0 Å². The van der Waals surface area contributed by atoms with E-state index in [4.69, 9.17) is 0 Å². The first-order valence-corrected chi connectivity index (χ1v) is 20.7. The van der Waals surface area contributed by atoms with Gasteiger partial charge in [0.1, 0.15) is 23.1 Å². The van der Waals surface area contributed by atoms with Gasteiger partial charge in [-0.25, -0.2) is 18.7 Å². The fourth-order valence-electron chi connectivity index (χ4n) is 9.39. The summed E-state index contributed by atoms with van der Waals surface area (Å²) in [5.41, 5.74) is 1.69. The van der Waals surface area contributed by atoms with E-state index in [0.717, 1.165) is 70.6 Å². The lowest BCUT2D eigenvalue weighted by Crippen LogP contribution is -2.62. The third kappa shape index (κ3) is 8.52. The lowest BCUT2D eigenvalue weighted by Gasteiger charge is -2.48. The predicted octanol–water partition coefficient (Wildman–Crippen LogP) is 6.21. The predicted molar refractivity (Wildman–Crippen MR) is 216 cm³/mol. The maximum absolute atomic E-state index is 15.5. The smallest absolute Gasteiger partial charge is 0.255 e. The van der Waals surface area contributed by atoms with Crippen LogP contribution >= 0.6 is 0 Å². The van der Waals surface area contributed by atoms with Crippen molar-refractivity contribution in [3.05, 3.63) is 101 Å². The summed E-state index contributed by atoms with van der Waals surface area (Å²) in [5, 5.41) is 12.2. The van der Waals surface area contributed by atoms with Crippen LogP contribution < -0.4 is 26.8 Å². The number of nitrogens with one attached hydrogen (secondary N) is 4. The van der Waals surface area contributed by atoms with Gasteiger partial charge in [-0.05, 0) is 113 Å². The molecule has 4 fully saturated rings. The summed E-state index contributed by atoms with van der Waals surface area (Å²) >= 11 is 0. The van der Waals surface area contributed by atoms with E-state index >= 15 is 8.78 Å². The molecule has 4 aliphatic rings. The van der Waals surface area contributed by atoms with Crippen LogP contribution in [0.1, 0.15) is 95.0 Å². The molecule has 304 valence electrons. The molecule has 58 heavy (non-hydrogen) atoms. The normalized spacial score (nSPS) is 22.8. The number of halogens is 2. The van der Waals surface area contributed by atoms with Gasteiger partial charge in [0, 0.05) is 47.7 Å². The molecule has 2 saturated carbocycles. The standard InChI is InChI=1S/C44H50F2N8O4/c45-35-26-32(48-37-16-17-38(55)51-41(37)57)14-15-34(35)28-18-23-53(24-19-28)44(20-3-1-4-21-44)42(58)49-30-10-12-31(13-11-30)50-43-47-27-36(46)40(52-43)29-7-6-8-33(25-29)54-22-5-2-9-39(54)56/h2,5-9,14-15,22,25-28,30-31,37,48H,1,3-4,10-13,16-21,23-24H2,(H,49,58)(H,47,50,52)(H,51,55,57)/t30?,31?,37-/m0/s1. The van der Waals surface area contributed by atoms with Crippen LogP contribution in [0.25, 0.3) is 16.9 Å². The van der Waals surface area contributed by atoms with Gasteiger partial charge in [0.25, 0.3) is 5.56 Å². The van der Waals surface area contributed by atoms with E-state index in [2.05, 4.69) is 36.1 Å². The molecular weight excluding hydrogens is 743 g/mol. The van der Waals surface area contributed by atoms with Crippen LogP contribution in [0.5, 0.6) is 0 Å². The molecule has 0 unspecified atom stereocenters. The number of amides is 3. The number of carbonyl (C=O) groups is 3. The highest BCUT2D eigenvalue weighted by molar-refractivity contribution is 6.01. The zero-order chi connectivity index (χ0) is 40.2. The van der Waals surface area contributed by atoms with Crippen LogP contribution in [-0.2, 0) is 14.4 Å². The number of hydrogen-bond acceptors (Lipinski definition) is 9. The van der Waals surface area contributed by atoms with Crippen LogP contribution in [0.2, 0.25) is 0 Å². The quantitative estimate of drug-likeness (QED) is 0.138. The molecule has 2 saturated heterocycles. The van der Waals surface area contributed by atoms with Crippen LogP contribution in [0.3, 0.4) is 0 Å². The first kappa shape index (κ1) is 39.3. The zero-order valence-corrected chi connectivity index (χ0v) is 32.5. The summed E-state index contributed by atoms with van der Waals surface area (Å²) in [4.78, 5) is 61.5. The second-order valence-electron chi connectivity index (χ2n) is 16.3. The minimum Gasteiger partial charge on any atom is -0.374 e. The number of aromatic nitrogens is 3. The van der Waals surface area contributed by atoms with E-state index in [0.29, 0.717) is 48.0 Å². The van der Waals surface area contributed by atoms with E-state index in [1.54, 1.807) is 54.7 Å². The molecule has 1 atom stereocenters. The highest BCUT2D eigenvalue weighted by Gasteiger charge is 2.46. The highest BCUT2D eigenvalue weighted by Crippen LogP contribution is 2.40. The summed E-state index contributed by atoms with van der Waals surface area (Å²) in [6, 6.07) is 16.5. The van der Waals surface area contributed by atoms with E-state index in [1.165, 1.54) is 22.9 Å².